The van der Waals surface area contributed by atoms with Gasteiger partial charge in [0.15, 0.2) is 0 Å². The largest absolute Gasteiger partial charge is 0.416 e. The standard InChI is InChI=1S/C40H34F6N4O3/c1-25(51)50(22-8-21-38(37(53)48-24-39(41,42)43)33-13-6-4-10-30(33)31-11-5-7-14-34(31)38)28-19-20-35(47-23-28)49-36(52)32-12-3-2-9-29(32)26-15-17-27(18-16-26)40(44,45)46/h2-7,9-20,23,37,48,53H,8,21-22,24H2,1H3,(H,47,49,52). The second kappa shape index (κ2) is 14.8. The molecule has 1 atom stereocenters. The molecule has 0 fully saturated rings. The number of alkyl halides is 6. The monoisotopic (exact) mass is 732 g/mol. The van der Waals surface area contributed by atoms with E-state index in [-0.39, 0.29) is 36.7 Å². The molecule has 274 valence electrons. The topological polar surface area (TPSA) is 94.6 Å². The van der Waals surface area contributed by atoms with Crippen LogP contribution in [0.15, 0.2) is 115 Å². The van der Waals surface area contributed by atoms with E-state index >= 15 is 0 Å². The number of aromatic nitrogens is 1. The van der Waals surface area contributed by atoms with Gasteiger partial charge in [0, 0.05) is 19.0 Å². The van der Waals surface area contributed by atoms with Crippen molar-refractivity contribution in [2.75, 3.05) is 23.3 Å². The summed E-state index contributed by atoms with van der Waals surface area (Å²) >= 11 is 0. The van der Waals surface area contributed by atoms with Crippen molar-refractivity contribution in [1.29, 1.82) is 0 Å². The number of amides is 2. The van der Waals surface area contributed by atoms with E-state index in [1.807, 2.05) is 24.3 Å². The fraction of sp³-hybridized carbons (Fsp3) is 0.225. The number of pyridine rings is 1. The minimum absolute atomic E-state index is 0.140. The molecule has 1 aliphatic carbocycles. The third kappa shape index (κ3) is 7.81. The van der Waals surface area contributed by atoms with Gasteiger partial charge in [-0.1, -0.05) is 78.9 Å². The van der Waals surface area contributed by atoms with E-state index < -0.39 is 42.0 Å². The number of nitrogens with one attached hydrogen (secondary N) is 2. The van der Waals surface area contributed by atoms with Gasteiger partial charge in [-0.25, -0.2) is 4.98 Å². The average molecular weight is 733 g/mol. The van der Waals surface area contributed by atoms with E-state index in [1.165, 1.54) is 42.3 Å². The maximum atomic E-state index is 13.3. The molecule has 0 saturated carbocycles. The Balaban J connectivity index is 1.19. The Bertz CT molecular complexity index is 2050. The Morgan fingerprint density at radius 3 is 1.92 bits per heavy atom. The maximum absolute atomic E-state index is 13.3. The molecule has 0 aliphatic heterocycles. The van der Waals surface area contributed by atoms with Gasteiger partial charge in [-0.15, -0.1) is 0 Å². The van der Waals surface area contributed by atoms with E-state index in [4.69, 9.17) is 0 Å². The molecule has 2 amide bonds. The van der Waals surface area contributed by atoms with Crippen LogP contribution in [0.2, 0.25) is 0 Å². The van der Waals surface area contributed by atoms with Gasteiger partial charge < -0.3 is 15.3 Å². The zero-order chi connectivity index (χ0) is 38.0. The van der Waals surface area contributed by atoms with Crippen LogP contribution in [0.4, 0.5) is 37.8 Å². The van der Waals surface area contributed by atoms with Gasteiger partial charge in [-0.3, -0.25) is 14.9 Å². The van der Waals surface area contributed by atoms with E-state index in [9.17, 15) is 41.0 Å². The van der Waals surface area contributed by atoms with Gasteiger partial charge in [0.2, 0.25) is 5.91 Å². The van der Waals surface area contributed by atoms with Crippen molar-refractivity contribution < 1.29 is 41.0 Å². The van der Waals surface area contributed by atoms with Gasteiger partial charge in [0.25, 0.3) is 5.91 Å². The second-order valence-corrected chi connectivity index (χ2v) is 12.7. The van der Waals surface area contributed by atoms with Gasteiger partial charge in [0.1, 0.15) is 12.0 Å². The first-order valence-electron chi connectivity index (χ1n) is 16.7. The van der Waals surface area contributed by atoms with Crippen LogP contribution in [0.3, 0.4) is 0 Å². The molecule has 0 bridgehead atoms. The van der Waals surface area contributed by atoms with E-state index in [2.05, 4.69) is 15.6 Å². The predicted molar refractivity (Wildman–Crippen MR) is 189 cm³/mol. The fourth-order valence-corrected chi connectivity index (χ4v) is 7.01. The third-order valence-corrected chi connectivity index (χ3v) is 9.40. The molecule has 6 rings (SSSR count). The SMILES string of the molecule is CC(=O)N(CCCC1(C(O)NCC(F)(F)F)c2ccccc2-c2ccccc21)c1ccc(NC(=O)c2ccccc2-c2ccc(C(F)(F)F)cc2)nc1. The minimum atomic E-state index is -4.56. The number of nitrogens with zero attached hydrogens (tertiary/aromatic N) is 2. The highest BCUT2D eigenvalue weighted by Gasteiger charge is 2.48. The van der Waals surface area contributed by atoms with Crippen LogP contribution in [-0.2, 0) is 16.4 Å². The Kier molecular flexibility index (Phi) is 10.4. The van der Waals surface area contributed by atoms with Gasteiger partial charge in [-0.05, 0) is 76.6 Å². The van der Waals surface area contributed by atoms with Crippen LogP contribution in [0, 0.1) is 0 Å². The van der Waals surface area contributed by atoms with Crippen LogP contribution in [0.5, 0.6) is 0 Å². The summed E-state index contributed by atoms with van der Waals surface area (Å²) < 4.78 is 79.1. The van der Waals surface area contributed by atoms with Gasteiger partial charge in [0.05, 0.1) is 29.4 Å². The number of carbonyl (C=O) groups is 2. The number of carbonyl (C=O) groups excluding carboxylic acids is 2. The predicted octanol–water partition coefficient (Wildman–Crippen LogP) is 8.59. The molecule has 4 aromatic carbocycles. The van der Waals surface area contributed by atoms with Crippen LogP contribution in [0.25, 0.3) is 22.3 Å². The summed E-state index contributed by atoms with van der Waals surface area (Å²) in [5.41, 5.74) is 2.36. The van der Waals surface area contributed by atoms with Crippen molar-refractivity contribution in [2.24, 2.45) is 0 Å². The number of rotatable bonds is 11. The first kappa shape index (κ1) is 37.2. The third-order valence-electron chi connectivity index (χ3n) is 9.40. The molecule has 1 aromatic heterocycles. The number of anilines is 2. The number of hydrogen-bond acceptors (Lipinski definition) is 5. The lowest BCUT2D eigenvalue weighted by Gasteiger charge is -2.38. The van der Waals surface area contributed by atoms with E-state index in [0.717, 1.165) is 23.3 Å². The number of hydrogen-bond donors (Lipinski definition) is 3. The number of aliphatic hydroxyl groups excluding tert-OH is 1. The molecule has 0 spiro atoms. The summed E-state index contributed by atoms with van der Waals surface area (Å²) in [6.45, 7) is 0.111. The van der Waals surface area contributed by atoms with Gasteiger partial charge >= 0.3 is 12.4 Å². The van der Waals surface area contributed by atoms with Crippen LogP contribution in [-0.4, -0.2) is 47.4 Å². The molecular formula is C40H34F6N4O3. The maximum Gasteiger partial charge on any atom is 0.416 e. The Labute approximate surface area is 301 Å². The molecule has 0 radical (unpaired) electrons. The van der Waals surface area contributed by atoms with Gasteiger partial charge in [-0.2, -0.15) is 26.3 Å². The summed E-state index contributed by atoms with van der Waals surface area (Å²) in [7, 11) is 0. The van der Waals surface area contributed by atoms with Crippen molar-refractivity contribution in [3.63, 3.8) is 0 Å². The zero-order valence-corrected chi connectivity index (χ0v) is 28.3. The fourth-order valence-electron chi connectivity index (χ4n) is 7.01. The average Bonchev–Trinajstić information content (AvgIpc) is 3.42. The molecule has 13 heteroatoms. The highest BCUT2D eigenvalue weighted by Crippen LogP contribution is 2.52. The van der Waals surface area contributed by atoms with Crippen molar-refractivity contribution in [2.45, 2.75) is 43.8 Å². The lowest BCUT2D eigenvalue weighted by Crippen LogP contribution is -2.51. The zero-order valence-electron chi connectivity index (χ0n) is 28.3. The number of fused-ring (bicyclic) bond motifs is 3. The highest BCUT2D eigenvalue weighted by molar-refractivity contribution is 6.08. The Morgan fingerprint density at radius 2 is 1.38 bits per heavy atom. The van der Waals surface area contributed by atoms with Crippen LogP contribution in [0.1, 0.15) is 46.8 Å². The normalized spacial score (nSPS) is 13.9. The smallest absolute Gasteiger partial charge is 0.377 e. The van der Waals surface area contributed by atoms with Crippen molar-refractivity contribution >= 4 is 23.3 Å². The van der Waals surface area contributed by atoms with E-state index in [1.54, 1.807) is 48.5 Å². The molecule has 1 aliphatic rings. The van der Waals surface area contributed by atoms with Crippen molar-refractivity contribution in [3.8, 4) is 22.3 Å². The molecular weight excluding hydrogens is 698 g/mol. The molecule has 0 saturated heterocycles. The number of aliphatic hydroxyl groups is 1. The second-order valence-electron chi connectivity index (χ2n) is 12.7. The molecule has 53 heavy (non-hydrogen) atoms. The molecule has 1 heterocycles. The van der Waals surface area contributed by atoms with Crippen LogP contribution < -0.4 is 15.5 Å². The lowest BCUT2D eigenvalue weighted by molar-refractivity contribution is -0.137. The first-order chi connectivity index (χ1) is 25.2. The van der Waals surface area contributed by atoms with Crippen molar-refractivity contribution in [3.05, 3.63) is 138 Å². The molecule has 1 unspecified atom stereocenters. The molecule has 7 nitrogen and oxygen atoms in total. The van der Waals surface area contributed by atoms with Crippen molar-refractivity contribution in [1.82, 2.24) is 10.3 Å². The van der Waals surface area contributed by atoms with Crippen LogP contribution >= 0.6 is 0 Å². The Hall–Kier alpha value is -5.53. The summed E-state index contributed by atoms with van der Waals surface area (Å²) in [6, 6.07) is 28.6. The van der Waals surface area contributed by atoms with E-state index in [0.29, 0.717) is 27.9 Å². The number of halogens is 6. The Morgan fingerprint density at radius 1 is 0.792 bits per heavy atom. The number of benzene rings is 4. The molecule has 3 N–H and O–H groups in total. The minimum Gasteiger partial charge on any atom is -0.377 e. The first-order valence-corrected chi connectivity index (χ1v) is 16.7. The quantitative estimate of drug-likeness (QED) is 0.0935. The lowest BCUT2D eigenvalue weighted by atomic mass is 9.72. The highest BCUT2D eigenvalue weighted by atomic mass is 19.4. The summed E-state index contributed by atoms with van der Waals surface area (Å²) in [5.74, 6) is -0.725. The summed E-state index contributed by atoms with van der Waals surface area (Å²) in [4.78, 5) is 31.9. The molecule has 5 aromatic rings. The summed E-state index contributed by atoms with van der Waals surface area (Å²) in [6.07, 6.45) is -8.79. The summed E-state index contributed by atoms with van der Waals surface area (Å²) in [5, 5.41) is 16.5.